The quantitative estimate of drug-likeness (QED) is 0.630. The fourth-order valence-corrected chi connectivity index (χ4v) is 2.52. The maximum absolute atomic E-state index is 6.00. The molecule has 0 fully saturated rings. The first kappa shape index (κ1) is 12.0. The minimum atomic E-state index is 0.655. The molecule has 0 heterocycles. The molecule has 2 rings (SSSR count). The summed E-state index contributed by atoms with van der Waals surface area (Å²) in [6.07, 6.45) is 0. The zero-order valence-electron chi connectivity index (χ0n) is 8.60. The lowest BCUT2D eigenvalue weighted by Crippen LogP contribution is -1.84. The number of hydrogen-bond acceptors (Lipinski definition) is 0. The third-order valence-corrected chi connectivity index (χ3v) is 3.74. The lowest BCUT2D eigenvalue weighted by molar-refractivity contribution is 1.42. The van der Waals surface area contributed by atoms with Gasteiger partial charge < -0.3 is 0 Å². The predicted molar refractivity (Wildman–Crippen MR) is 74.3 cm³/mol. The number of benzene rings is 2. The van der Waals surface area contributed by atoms with Crippen LogP contribution in [0.3, 0.4) is 0 Å². The Labute approximate surface area is 113 Å². The zero-order valence-corrected chi connectivity index (χ0v) is 11.7. The molecule has 0 aliphatic rings. The minimum absolute atomic E-state index is 0.655. The lowest BCUT2D eigenvalue weighted by Gasteiger charge is -2.08. The maximum Gasteiger partial charge on any atom is 0.0426 e. The third kappa shape index (κ3) is 2.42. The summed E-state index contributed by atoms with van der Waals surface area (Å²) in [5, 5.41) is 1.31. The van der Waals surface area contributed by atoms with Gasteiger partial charge in [-0.05, 0) is 47.9 Å². The number of halogens is 3. The van der Waals surface area contributed by atoms with Crippen molar-refractivity contribution in [3.63, 3.8) is 0 Å². The summed E-state index contributed by atoms with van der Waals surface area (Å²) in [4.78, 5) is 0. The van der Waals surface area contributed by atoms with Crippen LogP contribution in [0.4, 0.5) is 0 Å². The van der Waals surface area contributed by atoms with Crippen molar-refractivity contribution >= 4 is 39.1 Å². The average Bonchev–Trinajstić information content (AvgIpc) is 2.20. The van der Waals surface area contributed by atoms with Crippen molar-refractivity contribution in [3.8, 4) is 11.1 Å². The SMILES string of the molecule is Cc1c(Br)cccc1-c1cc(Cl)cc(Cl)c1. The molecule has 2 aromatic rings. The van der Waals surface area contributed by atoms with Gasteiger partial charge in [0.2, 0.25) is 0 Å². The van der Waals surface area contributed by atoms with Gasteiger partial charge in [-0.1, -0.05) is 51.3 Å². The summed E-state index contributed by atoms with van der Waals surface area (Å²) in [5.41, 5.74) is 3.36. The lowest BCUT2D eigenvalue weighted by atomic mass is 10.0. The van der Waals surface area contributed by atoms with Gasteiger partial charge in [0.1, 0.15) is 0 Å². The molecule has 16 heavy (non-hydrogen) atoms. The van der Waals surface area contributed by atoms with E-state index in [1.54, 1.807) is 6.07 Å². The molecular weight excluding hydrogens is 307 g/mol. The second-order valence-corrected chi connectivity index (χ2v) is 5.30. The van der Waals surface area contributed by atoms with Gasteiger partial charge >= 0.3 is 0 Å². The summed E-state index contributed by atoms with van der Waals surface area (Å²) < 4.78 is 1.08. The fraction of sp³-hybridized carbons (Fsp3) is 0.0769. The molecule has 0 radical (unpaired) electrons. The molecule has 0 amide bonds. The first-order valence-corrected chi connectivity index (χ1v) is 6.34. The topological polar surface area (TPSA) is 0 Å². The number of hydrogen-bond donors (Lipinski definition) is 0. The molecular formula is C13H9BrCl2. The summed E-state index contributed by atoms with van der Waals surface area (Å²) >= 11 is 15.5. The summed E-state index contributed by atoms with van der Waals surface area (Å²) in [5.74, 6) is 0. The van der Waals surface area contributed by atoms with E-state index in [-0.39, 0.29) is 0 Å². The molecule has 2 aromatic carbocycles. The largest absolute Gasteiger partial charge is 0.0843 e. The Morgan fingerprint density at radius 2 is 1.62 bits per heavy atom. The summed E-state index contributed by atoms with van der Waals surface area (Å²) in [6, 6.07) is 11.7. The molecule has 0 nitrogen and oxygen atoms in total. The van der Waals surface area contributed by atoms with Crippen molar-refractivity contribution in [2.24, 2.45) is 0 Å². The summed E-state index contributed by atoms with van der Waals surface area (Å²) in [6.45, 7) is 2.06. The van der Waals surface area contributed by atoms with Gasteiger partial charge in [-0.2, -0.15) is 0 Å². The van der Waals surface area contributed by atoms with Crippen molar-refractivity contribution in [2.75, 3.05) is 0 Å². The van der Waals surface area contributed by atoms with Crippen LogP contribution in [-0.2, 0) is 0 Å². The average molecular weight is 316 g/mol. The van der Waals surface area contributed by atoms with Crippen LogP contribution in [0.5, 0.6) is 0 Å². The van der Waals surface area contributed by atoms with E-state index in [2.05, 4.69) is 28.9 Å². The van der Waals surface area contributed by atoms with Gasteiger partial charge in [0.25, 0.3) is 0 Å². The van der Waals surface area contributed by atoms with Crippen molar-refractivity contribution in [3.05, 3.63) is 56.5 Å². The van der Waals surface area contributed by atoms with Crippen LogP contribution in [0.25, 0.3) is 11.1 Å². The maximum atomic E-state index is 6.00. The van der Waals surface area contributed by atoms with E-state index in [9.17, 15) is 0 Å². The van der Waals surface area contributed by atoms with Crippen LogP contribution in [0.2, 0.25) is 10.0 Å². The molecule has 0 spiro atoms. The van der Waals surface area contributed by atoms with Crippen LogP contribution in [-0.4, -0.2) is 0 Å². The molecule has 0 saturated carbocycles. The molecule has 0 aliphatic carbocycles. The van der Waals surface area contributed by atoms with Crippen molar-refractivity contribution in [2.45, 2.75) is 6.92 Å². The molecule has 0 bridgehead atoms. The first-order chi connectivity index (χ1) is 7.58. The van der Waals surface area contributed by atoms with E-state index >= 15 is 0 Å². The highest BCUT2D eigenvalue weighted by atomic mass is 79.9. The van der Waals surface area contributed by atoms with E-state index in [1.165, 1.54) is 5.56 Å². The Kier molecular flexibility index (Phi) is 3.58. The van der Waals surface area contributed by atoms with Crippen molar-refractivity contribution in [1.82, 2.24) is 0 Å². The van der Waals surface area contributed by atoms with Crippen LogP contribution in [0, 0.1) is 6.92 Å². The van der Waals surface area contributed by atoms with Crippen LogP contribution < -0.4 is 0 Å². The Balaban J connectivity index is 2.63. The molecule has 0 aliphatic heterocycles. The standard InChI is InChI=1S/C13H9BrCl2/c1-8-12(3-2-4-13(8)14)9-5-10(15)7-11(16)6-9/h2-7H,1H3. The van der Waals surface area contributed by atoms with E-state index in [0.29, 0.717) is 10.0 Å². The van der Waals surface area contributed by atoms with E-state index in [4.69, 9.17) is 23.2 Å². The predicted octanol–water partition coefficient (Wildman–Crippen LogP) is 5.73. The van der Waals surface area contributed by atoms with Gasteiger partial charge in [0.15, 0.2) is 0 Å². The molecule has 82 valence electrons. The molecule has 0 saturated heterocycles. The molecule has 0 aromatic heterocycles. The van der Waals surface area contributed by atoms with Crippen LogP contribution in [0.1, 0.15) is 5.56 Å². The van der Waals surface area contributed by atoms with Gasteiger partial charge in [-0.15, -0.1) is 0 Å². The van der Waals surface area contributed by atoms with Crippen LogP contribution in [0.15, 0.2) is 40.9 Å². The first-order valence-electron chi connectivity index (χ1n) is 4.79. The van der Waals surface area contributed by atoms with E-state index in [0.717, 1.165) is 15.6 Å². The third-order valence-electron chi connectivity index (χ3n) is 2.44. The van der Waals surface area contributed by atoms with Gasteiger partial charge in [0, 0.05) is 14.5 Å². The zero-order chi connectivity index (χ0) is 11.7. The second-order valence-electron chi connectivity index (χ2n) is 3.57. The van der Waals surface area contributed by atoms with Gasteiger partial charge in [0.05, 0.1) is 0 Å². The fourth-order valence-electron chi connectivity index (χ4n) is 1.63. The van der Waals surface area contributed by atoms with Gasteiger partial charge in [-0.3, -0.25) is 0 Å². The minimum Gasteiger partial charge on any atom is -0.0843 e. The highest BCUT2D eigenvalue weighted by Crippen LogP contribution is 2.32. The molecule has 0 atom stereocenters. The normalized spacial score (nSPS) is 10.5. The Bertz CT molecular complexity index is 515. The monoisotopic (exact) mass is 314 g/mol. The Morgan fingerprint density at radius 1 is 1.00 bits per heavy atom. The highest BCUT2D eigenvalue weighted by molar-refractivity contribution is 9.10. The van der Waals surface area contributed by atoms with Crippen molar-refractivity contribution < 1.29 is 0 Å². The van der Waals surface area contributed by atoms with Crippen molar-refractivity contribution in [1.29, 1.82) is 0 Å². The Hall–Kier alpha value is -0.500. The highest BCUT2D eigenvalue weighted by Gasteiger charge is 2.06. The summed E-state index contributed by atoms with van der Waals surface area (Å²) in [7, 11) is 0. The van der Waals surface area contributed by atoms with Gasteiger partial charge in [-0.25, -0.2) is 0 Å². The smallest absolute Gasteiger partial charge is 0.0426 e. The van der Waals surface area contributed by atoms with Crippen LogP contribution >= 0.6 is 39.1 Å². The second kappa shape index (κ2) is 4.79. The Morgan fingerprint density at radius 3 is 2.25 bits per heavy atom. The molecule has 0 N–H and O–H groups in total. The van der Waals surface area contributed by atoms with E-state index < -0.39 is 0 Å². The number of rotatable bonds is 1. The van der Waals surface area contributed by atoms with E-state index in [1.807, 2.05) is 24.3 Å². The molecule has 0 unspecified atom stereocenters. The molecule has 3 heteroatoms.